The van der Waals surface area contributed by atoms with Crippen LogP contribution in [0.5, 0.6) is 11.5 Å². The van der Waals surface area contributed by atoms with E-state index in [-0.39, 0.29) is 17.1 Å². The van der Waals surface area contributed by atoms with E-state index in [9.17, 15) is 17.6 Å². The highest BCUT2D eigenvalue weighted by atomic mass is 32.1. The number of hydrogen-bond acceptors (Lipinski definition) is 2. The molecule has 110 valence electrons. The zero-order valence-corrected chi connectivity index (χ0v) is 11.3. The minimum absolute atomic E-state index is 0.0101. The molecule has 0 bridgehead atoms. The van der Waals surface area contributed by atoms with Crippen LogP contribution in [0.25, 0.3) is 0 Å². The maximum Gasteiger partial charge on any atom is 0.417 e. The van der Waals surface area contributed by atoms with Crippen LogP contribution in [0.4, 0.5) is 17.6 Å². The summed E-state index contributed by atoms with van der Waals surface area (Å²) in [6.45, 7) is 0. The molecule has 0 atom stereocenters. The lowest BCUT2D eigenvalue weighted by Gasteiger charge is -2.14. The van der Waals surface area contributed by atoms with E-state index in [0.29, 0.717) is 0 Å². The number of halogens is 4. The molecule has 0 spiro atoms. The number of thiocarbonyl (C=S) groups is 1. The predicted octanol–water partition coefficient (Wildman–Crippen LogP) is 4.27. The van der Waals surface area contributed by atoms with Gasteiger partial charge in [-0.1, -0.05) is 24.4 Å². The number of nitrogens with two attached hydrogens (primary N) is 1. The van der Waals surface area contributed by atoms with Crippen LogP contribution in [0.15, 0.2) is 42.5 Å². The Hall–Kier alpha value is -2.15. The molecular formula is C14H9F4NOS. The molecule has 2 rings (SSSR count). The predicted molar refractivity (Wildman–Crippen MR) is 73.8 cm³/mol. The Morgan fingerprint density at radius 1 is 1.10 bits per heavy atom. The highest BCUT2D eigenvalue weighted by Crippen LogP contribution is 2.35. The summed E-state index contributed by atoms with van der Waals surface area (Å²) in [7, 11) is 0. The Morgan fingerprint density at radius 2 is 1.76 bits per heavy atom. The van der Waals surface area contributed by atoms with Crippen LogP contribution < -0.4 is 10.5 Å². The molecule has 2 N–H and O–H groups in total. The van der Waals surface area contributed by atoms with Gasteiger partial charge in [0, 0.05) is 5.56 Å². The fraction of sp³-hybridized carbons (Fsp3) is 0.0714. The van der Waals surface area contributed by atoms with Crippen LogP contribution >= 0.6 is 12.2 Å². The highest BCUT2D eigenvalue weighted by Gasteiger charge is 2.34. The van der Waals surface area contributed by atoms with Crippen molar-refractivity contribution < 1.29 is 22.3 Å². The van der Waals surface area contributed by atoms with Crippen molar-refractivity contribution in [3.63, 3.8) is 0 Å². The third-order valence-electron chi connectivity index (χ3n) is 2.63. The molecule has 0 unspecified atom stereocenters. The van der Waals surface area contributed by atoms with Crippen molar-refractivity contribution in [2.75, 3.05) is 0 Å². The van der Waals surface area contributed by atoms with Crippen molar-refractivity contribution in [3.05, 3.63) is 59.4 Å². The van der Waals surface area contributed by atoms with Crippen LogP contribution in [0.2, 0.25) is 0 Å². The zero-order chi connectivity index (χ0) is 15.6. The van der Waals surface area contributed by atoms with Crippen molar-refractivity contribution in [1.29, 1.82) is 0 Å². The molecule has 0 aliphatic carbocycles. The van der Waals surface area contributed by atoms with Crippen LogP contribution in [0.1, 0.15) is 11.1 Å². The molecule has 0 aromatic heterocycles. The van der Waals surface area contributed by atoms with Gasteiger partial charge in [-0.05, 0) is 30.3 Å². The topological polar surface area (TPSA) is 35.2 Å². The lowest BCUT2D eigenvalue weighted by Crippen LogP contribution is -2.17. The summed E-state index contributed by atoms with van der Waals surface area (Å²) >= 11 is 4.62. The van der Waals surface area contributed by atoms with Crippen LogP contribution in [-0.4, -0.2) is 4.99 Å². The van der Waals surface area contributed by atoms with Gasteiger partial charge in [-0.3, -0.25) is 0 Å². The van der Waals surface area contributed by atoms with Crippen molar-refractivity contribution in [2.24, 2.45) is 5.73 Å². The van der Waals surface area contributed by atoms with Gasteiger partial charge in [0.25, 0.3) is 0 Å². The molecule has 0 aliphatic rings. The number of alkyl halides is 3. The maximum absolute atomic E-state index is 13.4. The molecule has 0 radical (unpaired) electrons. The lowest BCUT2D eigenvalue weighted by molar-refractivity contribution is -0.137. The first-order chi connectivity index (χ1) is 9.79. The van der Waals surface area contributed by atoms with Gasteiger partial charge in [-0.25, -0.2) is 4.39 Å². The van der Waals surface area contributed by atoms with Gasteiger partial charge in [-0.2, -0.15) is 13.2 Å². The molecule has 0 saturated heterocycles. The van der Waals surface area contributed by atoms with E-state index in [0.717, 1.165) is 18.2 Å². The van der Waals surface area contributed by atoms with E-state index in [1.54, 1.807) is 0 Å². The van der Waals surface area contributed by atoms with Gasteiger partial charge in [0.1, 0.15) is 10.7 Å². The van der Waals surface area contributed by atoms with Crippen LogP contribution in [0.3, 0.4) is 0 Å². The molecule has 0 amide bonds. The summed E-state index contributed by atoms with van der Waals surface area (Å²) in [5.41, 5.74) is 3.97. The van der Waals surface area contributed by atoms with E-state index >= 15 is 0 Å². The number of ether oxygens (including phenoxy) is 1. The second-order valence-corrected chi connectivity index (χ2v) is 4.54. The summed E-state index contributed by atoms with van der Waals surface area (Å²) < 4.78 is 57.1. The minimum atomic E-state index is -4.59. The zero-order valence-electron chi connectivity index (χ0n) is 10.4. The molecule has 0 heterocycles. The van der Waals surface area contributed by atoms with Crippen molar-refractivity contribution in [1.82, 2.24) is 0 Å². The Kier molecular flexibility index (Phi) is 4.13. The molecule has 21 heavy (non-hydrogen) atoms. The number of rotatable bonds is 3. The third kappa shape index (κ3) is 3.49. The van der Waals surface area contributed by atoms with Gasteiger partial charge in [0.2, 0.25) is 0 Å². The maximum atomic E-state index is 13.4. The van der Waals surface area contributed by atoms with Gasteiger partial charge in [0.05, 0.1) is 5.56 Å². The quantitative estimate of drug-likeness (QED) is 0.678. The molecular weight excluding hydrogens is 306 g/mol. The average molecular weight is 315 g/mol. The van der Waals surface area contributed by atoms with E-state index < -0.39 is 22.5 Å². The van der Waals surface area contributed by atoms with Crippen molar-refractivity contribution in [3.8, 4) is 11.5 Å². The fourth-order valence-electron chi connectivity index (χ4n) is 1.69. The van der Waals surface area contributed by atoms with E-state index in [1.165, 1.54) is 24.3 Å². The van der Waals surface area contributed by atoms with Gasteiger partial charge in [0.15, 0.2) is 11.6 Å². The van der Waals surface area contributed by atoms with E-state index in [2.05, 4.69) is 12.2 Å². The van der Waals surface area contributed by atoms with E-state index in [4.69, 9.17) is 10.5 Å². The second-order valence-electron chi connectivity index (χ2n) is 4.10. The number of para-hydroxylation sites is 1. The standard InChI is InChI=1S/C14H9F4NOS/c15-11-3-1-2-4-12(11)20-8-5-6-10(14(16,17)18)9(7-8)13(19)21/h1-7H,(H2,19,21). The summed E-state index contributed by atoms with van der Waals surface area (Å²) in [5.74, 6) is -0.726. The molecule has 2 aromatic rings. The largest absolute Gasteiger partial charge is 0.454 e. The second kappa shape index (κ2) is 5.69. The Bertz CT molecular complexity index is 685. The molecule has 7 heteroatoms. The monoisotopic (exact) mass is 315 g/mol. The third-order valence-corrected chi connectivity index (χ3v) is 2.85. The summed E-state index contributed by atoms with van der Waals surface area (Å²) in [6.07, 6.45) is -4.59. The lowest BCUT2D eigenvalue weighted by atomic mass is 10.1. The van der Waals surface area contributed by atoms with Crippen LogP contribution in [-0.2, 0) is 6.18 Å². The normalized spacial score (nSPS) is 11.2. The first-order valence-corrected chi connectivity index (χ1v) is 6.13. The highest BCUT2D eigenvalue weighted by molar-refractivity contribution is 7.80. The summed E-state index contributed by atoms with van der Waals surface area (Å²) in [4.78, 5) is -0.415. The molecule has 2 aromatic carbocycles. The first kappa shape index (κ1) is 15.2. The first-order valence-electron chi connectivity index (χ1n) is 5.72. The average Bonchev–Trinajstić information content (AvgIpc) is 2.40. The van der Waals surface area contributed by atoms with Crippen molar-refractivity contribution in [2.45, 2.75) is 6.18 Å². The molecule has 0 aliphatic heterocycles. The fourth-order valence-corrected chi connectivity index (χ4v) is 1.86. The van der Waals surface area contributed by atoms with Gasteiger partial charge >= 0.3 is 6.18 Å². The Morgan fingerprint density at radius 3 is 2.33 bits per heavy atom. The van der Waals surface area contributed by atoms with Crippen molar-refractivity contribution >= 4 is 17.2 Å². The number of benzene rings is 2. The summed E-state index contributed by atoms with van der Waals surface area (Å²) in [6, 6.07) is 8.45. The van der Waals surface area contributed by atoms with Gasteiger partial charge < -0.3 is 10.5 Å². The molecule has 2 nitrogen and oxygen atoms in total. The molecule has 0 saturated carbocycles. The Labute approximate surface area is 123 Å². The van der Waals surface area contributed by atoms with Gasteiger partial charge in [-0.15, -0.1) is 0 Å². The number of hydrogen-bond donors (Lipinski definition) is 1. The minimum Gasteiger partial charge on any atom is -0.454 e. The molecule has 0 fully saturated rings. The van der Waals surface area contributed by atoms with E-state index in [1.807, 2.05) is 0 Å². The van der Waals surface area contributed by atoms with Crippen LogP contribution in [0, 0.1) is 5.82 Å². The SMILES string of the molecule is NC(=S)c1cc(Oc2ccccc2F)ccc1C(F)(F)F. The smallest absolute Gasteiger partial charge is 0.417 e. The summed E-state index contributed by atoms with van der Waals surface area (Å²) in [5, 5.41) is 0. The Balaban J connectivity index is 2.42.